The number of nitrogens with zero attached hydrogens (tertiary/aromatic N) is 3. The lowest BCUT2D eigenvalue weighted by Gasteiger charge is -2.34. The van der Waals surface area contributed by atoms with Crippen molar-refractivity contribution in [1.29, 1.82) is 0 Å². The Kier molecular flexibility index (Phi) is 4.02. The van der Waals surface area contributed by atoms with Gasteiger partial charge in [-0.05, 0) is 49.0 Å². The van der Waals surface area contributed by atoms with Crippen LogP contribution in [0.1, 0.15) is 62.2 Å². The molecule has 5 rings (SSSR count). The molecule has 4 nitrogen and oxygen atoms in total. The molecule has 1 atom stereocenters. The van der Waals surface area contributed by atoms with Crippen LogP contribution in [0.15, 0.2) is 0 Å². The molecule has 0 amide bonds. The zero-order valence-electron chi connectivity index (χ0n) is 16.3. The van der Waals surface area contributed by atoms with E-state index in [4.69, 9.17) is 9.97 Å². The molecule has 26 heavy (non-hydrogen) atoms. The summed E-state index contributed by atoms with van der Waals surface area (Å²) in [6, 6.07) is 0. The second-order valence-corrected chi connectivity index (χ2v) is 10.5. The van der Waals surface area contributed by atoms with E-state index in [1.807, 2.05) is 11.3 Å². The maximum absolute atomic E-state index is 5.13. The molecule has 1 saturated heterocycles. The molecule has 0 radical (unpaired) electrons. The van der Waals surface area contributed by atoms with Gasteiger partial charge in [0.25, 0.3) is 0 Å². The van der Waals surface area contributed by atoms with Crippen LogP contribution >= 0.6 is 11.3 Å². The predicted molar refractivity (Wildman–Crippen MR) is 109 cm³/mol. The van der Waals surface area contributed by atoms with Crippen molar-refractivity contribution >= 4 is 27.4 Å². The van der Waals surface area contributed by atoms with E-state index in [2.05, 4.69) is 31.0 Å². The van der Waals surface area contributed by atoms with Gasteiger partial charge in [0.1, 0.15) is 16.5 Å². The molecule has 5 heteroatoms. The van der Waals surface area contributed by atoms with Gasteiger partial charge in [-0.15, -0.1) is 11.3 Å². The fourth-order valence-electron chi connectivity index (χ4n) is 4.54. The van der Waals surface area contributed by atoms with E-state index in [-0.39, 0.29) is 0 Å². The van der Waals surface area contributed by atoms with Crippen LogP contribution in [0.25, 0.3) is 10.2 Å². The van der Waals surface area contributed by atoms with Crippen molar-refractivity contribution in [2.75, 3.05) is 31.1 Å². The van der Waals surface area contributed by atoms with Crippen molar-refractivity contribution in [1.82, 2.24) is 15.3 Å². The number of fused-ring (bicyclic) bond motifs is 3. The number of aryl methyl sites for hydroxylation is 1. The van der Waals surface area contributed by atoms with Gasteiger partial charge in [0.05, 0.1) is 5.39 Å². The molecule has 2 aliphatic carbocycles. The monoisotopic (exact) mass is 370 g/mol. The number of aromatic nitrogens is 2. The minimum atomic E-state index is 0.389. The topological polar surface area (TPSA) is 41.1 Å². The van der Waals surface area contributed by atoms with Crippen LogP contribution in [0.5, 0.6) is 0 Å². The molecule has 1 saturated carbocycles. The number of hydrogen-bond acceptors (Lipinski definition) is 5. The van der Waals surface area contributed by atoms with E-state index in [9.17, 15) is 0 Å². The number of thiophene rings is 1. The molecule has 1 aliphatic heterocycles. The molecule has 1 N–H and O–H groups in total. The molecule has 0 unspecified atom stereocenters. The normalized spacial score (nSPS) is 24.1. The van der Waals surface area contributed by atoms with Crippen LogP contribution in [0.4, 0.5) is 5.82 Å². The van der Waals surface area contributed by atoms with Crippen LogP contribution in [0, 0.1) is 11.3 Å². The summed E-state index contributed by atoms with van der Waals surface area (Å²) in [4.78, 5) is 15.5. The van der Waals surface area contributed by atoms with Crippen molar-refractivity contribution in [3.8, 4) is 0 Å². The Bertz CT molecular complexity index is 825. The van der Waals surface area contributed by atoms with E-state index in [1.54, 1.807) is 10.4 Å². The van der Waals surface area contributed by atoms with Crippen LogP contribution in [-0.2, 0) is 12.8 Å². The third kappa shape index (κ3) is 2.93. The summed E-state index contributed by atoms with van der Waals surface area (Å²) in [6.45, 7) is 11.4. The smallest absolute Gasteiger partial charge is 0.141 e. The van der Waals surface area contributed by atoms with E-state index in [0.29, 0.717) is 11.3 Å². The first-order valence-corrected chi connectivity index (χ1v) is 11.1. The summed E-state index contributed by atoms with van der Waals surface area (Å²) < 4.78 is 0. The molecular weight excluding hydrogens is 340 g/mol. The second-order valence-electron chi connectivity index (χ2n) is 9.41. The Morgan fingerprint density at radius 3 is 2.54 bits per heavy atom. The molecule has 0 spiro atoms. The fourth-order valence-corrected chi connectivity index (χ4v) is 5.84. The summed E-state index contributed by atoms with van der Waals surface area (Å²) in [5, 5.41) is 4.87. The maximum atomic E-state index is 5.13. The molecule has 3 heterocycles. The van der Waals surface area contributed by atoms with Crippen LogP contribution < -0.4 is 10.2 Å². The highest BCUT2D eigenvalue weighted by Crippen LogP contribution is 2.46. The largest absolute Gasteiger partial charge is 0.353 e. The fraction of sp³-hybridized carbons (Fsp3) is 0.714. The lowest BCUT2D eigenvalue weighted by Crippen LogP contribution is -2.44. The highest BCUT2D eigenvalue weighted by Gasteiger charge is 2.34. The standard InChI is InChI=1S/C21H30N4S/c1-21(2,3)14-6-7-15-16(12-14)26-20-17(15)19(25-10-8-22-9-11-25)23-18(24-20)13-4-5-13/h13-14,22H,4-12H2,1-3H3/t14-/m0/s1. The van der Waals surface area contributed by atoms with Gasteiger partial charge in [-0.2, -0.15) is 0 Å². The summed E-state index contributed by atoms with van der Waals surface area (Å²) in [6.07, 6.45) is 6.25. The van der Waals surface area contributed by atoms with E-state index in [0.717, 1.165) is 37.9 Å². The van der Waals surface area contributed by atoms with Crippen molar-refractivity contribution in [3.05, 3.63) is 16.3 Å². The average molecular weight is 371 g/mol. The van der Waals surface area contributed by atoms with Gasteiger partial charge in [-0.1, -0.05) is 20.8 Å². The predicted octanol–water partition coefficient (Wildman–Crippen LogP) is 4.13. The number of anilines is 1. The highest BCUT2D eigenvalue weighted by molar-refractivity contribution is 7.19. The zero-order valence-corrected chi connectivity index (χ0v) is 17.1. The van der Waals surface area contributed by atoms with Crippen LogP contribution in [-0.4, -0.2) is 36.1 Å². The molecule has 2 aromatic rings. The van der Waals surface area contributed by atoms with E-state index < -0.39 is 0 Å². The van der Waals surface area contributed by atoms with E-state index in [1.165, 1.54) is 48.1 Å². The van der Waals surface area contributed by atoms with Crippen molar-refractivity contribution in [2.45, 2.75) is 58.8 Å². The summed E-state index contributed by atoms with van der Waals surface area (Å²) >= 11 is 1.96. The highest BCUT2D eigenvalue weighted by atomic mass is 32.1. The number of nitrogens with one attached hydrogen (secondary N) is 1. The summed E-state index contributed by atoms with van der Waals surface area (Å²) in [5.74, 6) is 3.74. The first kappa shape index (κ1) is 16.9. The SMILES string of the molecule is CC(C)(C)[C@H]1CCc2c(sc3nc(C4CC4)nc(N4CCNCC4)c23)C1. The van der Waals surface area contributed by atoms with Gasteiger partial charge >= 0.3 is 0 Å². The van der Waals surface area contributed by atoms with Gasteiger partial charge < -0.3 is 10.2 Å². The molecule has 3 aliphatic rings. The minimum Gasteiger partial charge on any atom is -0.353 e. The van der Waals surface area contributed by atoms with Crippen molar-refractivity contribution < 1.29 is 0 Å². The summed E-state index contributed by atoms with van der Waals surface area (Å²) in [5.41, 5.74) is 1.96. The quantitative estimate of drug-likeness (QED) is 0.863. The first-order valence-electron chi connectivity index (χ1n) is 10.3. The molecule has 2 aromatic heterocycles. The lowest BCUT2D eigenvalue weighted by atomic mass is 9.72. The van der Waals surface area contributed by atoms with Crippen LogP contribution in [0.2, 0.25) is 0 Å². The Labute approximate surface area is 160 Å². The number of rotatable bonds is 2. The van der Waals surface area contributed by atoms with Gasteiger partial charge in [0, 0.05) is 37.0 Å². The molecular formula is C21H30N4S. The van der Waals surface area contributed by atoms with Gasteiger partial charge in [-0.3, -0.25) is 0 Å². The van der Waals surface area contributed by atoms with Gasteiger partial charge in [0.15, 0.2) is 0 Å². The molecule has 0 aromatic carbocycles. The summed E-state index contributed by atoms with van der Waals surface area (Å²) in [7, 11) is 0. The molecule has 0 bridgehead atoms. The Balaban J connectivity index is 1.62. The Morgan fingerprint density at radius 1 is 1.08 bits per heavy atom. The third-order valence-corrected chi connectivity index (χ3v) is 7.64. The minimum absolute atomic E-state index is 0.389. The first-order chi connectivity index (χ1) is 12.5. The van der Waals surface area contributed by atoms with E-state index >= 15 is 0 Å². The lowest BCUT2D eigenvalue weighted by molar-refractivity contribution is 0.218. The molecule has 2 fully saturated rings. The molecule has 140 valence electrons. The second kappa shape index (κ2) is 6.16. The zero-order chi connectivity index (χ0) is 17.9. The average Bonchev–Trinajstić information content (AvgIpc) is 3.41. The van der Waals surface area contributed by atoms with Crippen molar-refractivity contribution in [2.24, 2.45) is 11.3 Å². The number of piperazine rings is 1. The Morgan fingerprint density at radius 2 is 1.85 bits per heavy atom. The Hall–Kier alpha value is -1.20. The van der Waals surface area contributed by atoms with Crippen molar-refractivity contribution in [3.63, 3.8) is 0 Å². The van der Waals surface area contributed by atoms with Crippen LogP contribution in [0.3, 0.4) is 0 Å². The maximum Gasteiger partial charge on any atom is 0.141 e. The number of hydrogen-bond donors (Lipinski definition) is 1. The third-order valence-electron chi connectivity index (χ3n) is 6.49. The van der Waals surface area contributed by atoms with Gasteiger partial charge in [-0.25, -0.2) is 9.97 Å². The van der Waals surface area contributed by atoms with Gasteiger partial charge in [0.2, 0.25) is 0 Å².